The average Bonchev–Trinajstić information content (AvgIpc) is 2.46. The Balaban J connectivity index is 2.15. The van der Waals surface area contributed by atoms with Crippen LogP contribution in [0.5, 0.6) is 0 Å². The van der Waals surface area contributed by atoms with Gasteiger partial charge in [-0.1, -0.05) is 22.9 Å². The average molecular weight is 359 g/mol. The first-order valence-electron chi connectivity index (χ1n) is 7.73. The van der Waals surface area contributed by atoms with E-state index in [1.807, 2.05) is 6.92 Å². The van der Waals surface area contributed by atoms with E-state index in [4.69, 9.17) is 4.74 Å². The summed E-state index contributed by atoms with van der Waals surface area (Å²) in [7, 11) is 0. The van der Waals surface area contributed by atoms with Gasteiger partial charge in [-0.15, -0.1) is 0 Å². The van der Waals surface area contributed by atoms with Gasteiger partial charge in [-0.3, -0.25) is 0 Å². The van der Waals surface area contributed by atoms with Crippen LogP contribution in [-0.4, -0.2) is 23.4 Å². The number of hydrogen-bond donors (Lipinski definition) is 1. The van der Waals surface area contributed by atoms with Crippen LogP contribution in [0.25, 0.3) is 0 Å². The zero-order valence-electron chi connectivity index (χ0n) is 12.7. The molecule has 118 valence electrons. The molecule has 1 aliphatic carbocycles. The maximum atomic E-state index is 13.4. The lowest BCUT2D eigenvalue weighted by atomic mass is 9.75. The Morgan fingerprint density at radius 3 is 2.71 bits per heavy atom. The summed E-state index contributed by atoms with van der Waals surface area (Å²) in [5, 5.41) is 10.7. The first kappa shape index (κ1) is 16.9. The van der Waals surface area contributed by atoms with E-state index in [1.165, 1.54) is 12.1 Å². The fourth-order valence-electron chi connectivity index (χ4n) is 3.21. The van der Waals surface area contributed by atoms with Gasteiger partial charge < -0.3 is 9.84 Å². The predicted octanol–water partition coefficient (Wildman–Crippen LogP) is 4.48. The number of ether oxygens (including phenoxy) is 1. The quantitative estimate of drug-likeness (QED) is 0.840. The molecule has 0 radical (unpaired) electrons. The summed E-state index contributed by atoms with van der Waals surface area (Å²) in [5.41, 5.74) is 0.313. The molecule has 0 amide bonds. The van der Waals surface area contributed by atoms with Crippen LogP contribution in [0.1, 0.15) is 45.1 Å². The van der Waals surface area contributed by atoms with E-state index in [0.717, 1.165) is 35.7 Å². The van der Waals surface area contributed by atoms with Crippen molar-refractivity contribution < 1.29 is 14.2 Å². The number of aliphatic hydroxyl groups is 1. The first-order chi connectivity index (χ1) is 9.97. The zero-order valence-corrected chi connectivity index (χ0v) is 14.3. The van der Waals surface area contributed by atoms with Crippen LogP contribution in [-0.2, 0) is 11.2 Å². The largest absolute Gasteiger partial charge is 0.390 e. The summed E-state index contributed by atoms with van der Waals surface area (Å²) in [5.74, 6) is 0.412. The minimum Gasteiger partial charge on any atom is -0.390 e. The molecular weight excluding hydrogens is 335 g/mol. The fraction of sp³-hybridized carbons (Fsp3) is 0.647. The Hall–Kier alpha value is -0.450. The summed E-state index contributed by atoms with van der Waals surface area (Å²) in [6.07, 6.45) is 3.69. The standard InChI is InChI=1S/C17H24BrFO2/c1-3-21-17(8-6-12(2)7-9-17)16(20)11-13-10-14(19)4-5-15(13)18/h4-5,10,12,16,20H,3,6-9,11H2,1-2H3. The van der Waals surface area contributed by atoms with E-state index in [2.05, 4.69) is 22.9 Å². The lowest BCUT2D eigenvalue weighted by molar-refractivity contribution is -0.143. The van der Waals surface area contributed by atoms with Gasteiger partial charge in [0.2, 0.25) is 0 Å². The molecule has 1 N–H and O–H groups in total. The third kappa shape index (κ3) is 4.05. The molecule has 0 aromatic heterocycles. The van der Waals surface area contributed by atoms with Crippen molar-refractivity contribution in [3.05, 3.63) is 34.1 Å². The molecular formula is C17H24BrFO2. The molecule has 0 spiro atoms. The predicted molar refractivity (Wildman–Crippen MR) is 85.8 cm³/mol. The molecule has 2 rings (SSSR count). The van der Waals surface area contributed by atoms with Gasteiger partial charge >= 0.3 is 0 Å². The molecule has 1 aromatic carbocycles. The molecule has 1 aliphatic rings. The highest BCUT2D eigenvalue weighted by Gasteiger charge is 2.41. The number of aliphatic hydroxyl groups excluding tert-OH is 1. The minimum absolute atomic E-state index is 0.275. The van der Waals surface area contributed by atoms with Crippen molar-refractivity contribution in [2.24, 2.45) is 5.92 Å². The van der Waals surface area contributed by atoms with E-state index in [0.29, 0.717) is 18.9 Å². The van der Waals surface area contributed by atoms with Gasteiger partial charge in [0.05, 0.1) is 11.7 Å². The van der Waals surface area contributed by atoms with Gasteiger partial charge in [-0.2, -0.15) is 0 Å². The molecule has 2 nitrogen and oxygen atoms in total. The Morgan fingerprint density at radius 2 is 2.10 bits per heavy atom. The van der Waals surface area contributed by atoms with Gasteiger partial charge in [0, 0.05) is 17.5 Å². The van der Waals surface area contributed by atoms with Crippen molar-refractivity contribution in [1.29, 1.82) is 0 Å². The molecule has 1 atom stereocenters. The van der Waals surface area contributed by atoms with Crippen LogP contribution >= 0.6 is 15.9 Å². The second kappa shape index (κ2) is 7.21. The molecule has 0 bridgehead atoms. The molecule has 4 heteroatoms. The van der Waals surface area contributed by atoms with Gasteiger partial charge in [-0.25, -0.2) is 4.39 Å². The van der Waals surface area contributed by atoms with E-state index in [9.17, 15) is 9.50 Å². The molecule has 1 fully saturated rings. The zero-order chi connectivity index (χ0) is 15.5. The summed E-state index contributed by atoms with van der Waals surface area (Å²) >= 11 is 3.43. The molecule has 0 saturated heterocycles. The highest BCUT2D eigenvalue weighted by Crippen LogP contribution is 2.38. The summed E-state index contributed by atoms with van der Waals surface area (Å²) < 4.78 is 20.2. The highest BCUT2D eigenvalue weighted by molar-refractivity contribution is 9.10. The third-order valence-corrected chi connectivity index (χ3v) is 5.35. The SMILES string of the molecule is CCOC1(C(O)Cc2cc(F)ccc2Br)CCC(C)CC1. The second-order valence-corrected chi connectivity index (χ2v) is 6.99. The van der Waals surface area contributed by atoms with Crippen LogP contribution in [0.15, 0.2) is 22.7 Å². The Morgan fingerprint density at radius 1 is 1.43 bits per heavy atom. The molecule has 1 unspecified atom stereocenters. The molecule has 1 aromatic rings. The number of halogens is 2. The highest BCUT2D eigenvalue weighted by atomic mass is 79.9. The smallest absolute Gasteiger partial charge is 0.123 e. The number of rotatable bonds is 5. The Labute approximate surface area is 134 Å². The maximum absolute atomic E-state index is 13.4. The van der Waals surface area contributed by atoms with E-state index in [-0.39, 0.29) is 5.82 Å². The fourth-order valence-corrected chi connectivity index (χ4v) is 3.61. The van der Waals surface area contributed by atoms with Crippen molar-refractivity contribution >= 4 is 15.9 Å². The Kier molecular flexibility index (Phi) is 5.81. The maximum Gasteiger partial charge on any atom is 0.123 e. The van der Waals surface area contributed by atoms with E-state index in [1.54, 1.807) is 6.07 Å². The van der Waals surface area contributed by atoms with Gasteiger partial charge in [0.25, 0.3) is 0 Å². The van der Waals surface area contributed by atoms with Crippen molar-refractivity contribution in [1.82, 2.24) is 0 Å². The van der Waals surface area contributed by atoms with Crippen LogP contribution in [0.4, 0.5) is 4.39 Å². The minimum atomic E-state index is -0.608. The van der Waals surface area contributed by atoms with Crippen LogP contribution in [0, 0.1) is 11.7 Å². The Bertz CT molecular complexity index is 470. The van der Waals surface area contributed by atoms with Crippen LogP contribution in [0.3, 0.4) is 0 Å². The van der Waals surface area contributed by atoms with E-state index < -0.39 is 11.7 Å². The van der Waals surface area contributed by atoms with Crippen molar-refractivity contribution in [2.45, 2.75) is 57.7 Å². The van der Waals surface area contributed by atoms with E-state index >= 15 is 0 Å². The van der Waals surface area contributed by atoms with Crippen LogP contribution < -0.4 is 0 Å². The van der Waals surface area contributed by atoms with Gasteiger partial charge in [-0.05, 0) is 62.3 Å². The summed E-state index contributed by atoms with van der Waals surface area (Å²) in [6, 6.07) is 4.59. The van der Waals surface area contributed by atoms with Crippen LogP contribution in [0.2, 0.25) is 0 Å². The first-order valence-corrected chi connectivity index (χ1v) is 8.52. The monoisotopic (exact) mass is 358 g/mol. The third-order valence-electron chi connectivity index (χ3n) is 4.58. The molecule has 0 heterocycles. The van der Waals surface area contributed by atoms with Crippen molar-refractivity contribution in [2.75, 3.05) is 6.61 Å². The molecule has 21 heavy (non-hydrogen) atoms. The molecule has 1 saturated carbocycles. The van der Waals surface area contributed by atoms with Gasteiger partial charge in [0.1, 0.15) is 5.82 Å². The topological polar surface area (TPSA) is 29.5 Å². The summed E-state index contributed by atoms with van der Waals surface area (Å²) in [4.78, 5) is 0. The second-order valence-electron chi connectivity index (χ2n) is 6.14. The number of hydrogen-bond acceptors (Lipinski definition) is 2. The van der Waals surface area contributed by atoms with Gasteiger partial charge in [0.15, 0.2) is 0 Å². The normalized spacial score (nSPS) is 27.6. The van der Waals surface area contributed by atoms with Crippen molar-refractivity contribution in [3.63, 3.8) is 0 Å². The number of benzene rings is 1. The molecule has 0 aliphatic heterocycles. The van der Waals surface area contributed by atoms with Crippen molar-refractivity contribution in [3.8, 4) is 0 Å². The summed E-state index contributed by atoms with van der Waals surface area (Å²) in [6.45, 7) is 4.80. The lowest BCUT2D eigenvalue weighted by Gasteiger charge is -2.42. The lowest BCUT2D eigenvalue weighted by Crippen LogP contribution is -2.48.